The average Bonchev–Trinajstić information content (AvgIpc) is 3.36. The van der Waals surface area contributed by atoms with Gasteiger partial charge in [0.25, 0.3) is 0 Å². The molecule has 0 bridgehead atoms. The van der Waals surface area contributed by atoms with E-state index in [1.807, 2.05) is 30.0 Å². The quantitative estimate of drug-likeness (QED) is 0.223. The van der Waals surface area contributed by atoms with E-state index in [1.54, 1.807) is 0 Å². The van der Waals surface area contributed by atoms with Gasteiger partial charge < -0.3 is 5.32 Å². The monoisotopic (exact) mass is 518 g/mol. The third kappa shape index (κ3) is 6.82. The van der Waals surface area contributed by atoms with Crippen molar-refractivity contribution in [3.05, 3.63) is 97.0 Å². The molecular formula is C35H42N4. The second kappa shape index (κ2) is 12.9. The number of benzene rings is 3. The molecule has 4 heteroatoms. The van der Waals surface area contributed by atoms with Gasteiger partial charge in [-0.15, -0.1) is 0 Å². The summed E-state index contributed by atoms with van der Waals surface area (Å²) in [4.78, 5) is 4.76. The molecular weight excluding hydrogens is 476 g/mol. The van der Waals surface area contributed by atoms with Crippen molar-refractivity contribution in [3.8, 4) is 22.3 Å². The summed E-state index contributed by atoms with van der Waals surface area (Å²) in [5, 5.41) is 10.4. The summed E-state index contributed by atoms with van der Waals surface area (Å²) in [5.41, 5.74) is 8.70. The summed E-state index contributed by atoms with van der Waals surface area (Å²) in [6.45, 7) is 19.6. The molecule has 3 aromatic carbocycles. The normalized spacial score (nSPS) is 12.0. The van der Waals surface area contributed by atoms with Crippen LogP contribution in [0.15, 0.2) is 85.8 Å². The Morgan fingerprint density at radius 1 is 0.872 bits per heavy atom. The first-order valence-electron chi connectivity index (χ1n) is 14.1. The fourth-order valence-electron chi connectivity index (χ4n) is 4.63. The maximum atomic E-state index is 4.76. The fraction of sp³-hybridized carbons (Fsp3) is 0.314. The molecule has 0 aliphatic heterocycles. The van der Waals surface area contributed by atoms with Gasteiger partial charge in [-0.05, 0) is 66.2 Å². The minimum Gasteiger partial charge on any atom is -0.316 e. The van der Waals surface area contributed by atoms with Crippen LogP contribution in [0.1, 0.15) is 52.2 Å². The summed E-state index contributed by atoms with van der Waals surface area (Å²) < 4.78 is 1.87. The highest BCUT2D eigenvalue weighted by Crippen LogP contribution is 2.35. The van der Waals surface area contributed by atoms with Gasteiger partial charge in [-0.3, -0.25) is 0 Å². The Bertz CT molecular complexity index is 1540. The van der Waals surface area contributed by atoms with Crippen molar-refractivity contribution in [1.82, 2.24) is 19.9 Å². The molecule has 0 saturated heterocycles. The summed E-state index contributed by atoms with van der Waals surface area (Å²) in [5.74, 6) is 1.61. The Morgan fingerprint density at radius 3 is 2.26 bits per heavy atom. The Balaban J connectivity index is 0.000000303. The first-order chi connectivity index (χ1) is 18.8. The predicted molar refractivity (Wildman–Crippen MR) is 168 cm³/mol. The highest BCUT2D eigenvalue weighted by atomic mass is 15.2. The number of hydrogen-bond acceptors (Lipinski definition) is 3. The van der Waals surface area contributed by atoms with Crippen molar-refractivity contribution in [3.63, 3.8) is 0 Å². The van der Waals surface area contributed by atoms with Gasteiger partial charge in [0.1, 0.15) is 0 Å². The molecule has 202 valence electrons. The molecule has 1 N–H and O–H groups in total. The van der Waals surface area contributed by atoms with Crippen LogP contribution in [-0.2, 0) is 0 Å². The van der Waals surface area contributed by atoms with Crippen molar-refractivity contribution in [2.45, 2.75) is 48.0 Å². The number of fused-ring (bicyclic) bond motifs is 2. The minimum atomic E-state index is 0.782. The van der Waals surface area contributed by atoms with Crippen molar-refractivity contribution < 1.29 is 0 Å². The Hall–Kier alpha value is -3.76. The van der Waals surface area contributed by atoms with Crippen LogP contribution in [0.4, 0.5) is 0 Å². The maximum Gasteiger partial charge on any atom is 0.162 e. The van der Waals surface area contributed by atoms with Crippen LogP contribution in [0, 0.1) is 18.8 Å². The number of aromatic nitrogens is 3. The first kappa shape index (κ1) is 28.3. The van der Waals surface area contributed by atoms with Crippen molar-refractivity contribution >= 4 is 22.0 Å². The van der Waals surface area contributed by atoms with Crippen molar-refractivity contribution in [1.29, 1.82) is 0 Å². The SMILES string of the molecule is C=C(C)c1ccc(-c2cnn3cc(-c4ccc(C)cc4)cnc23)c2ccccc12.CCC(C)CNCC(C)C. The fourth-order valence-corrected chi connectivity index (χ4v) is 4.63. The molecule has 0 fully saturated rings. The summed E-state index contributed by atoms with van der Waals surface area (Å²) in [6, 6.07) is 21.2. The van der Waals surface area contributed by atoms with E-state index in [-0.39, 0.29) is 0 Å². The van der Waals surface area contributed by atoms with Crippen LogP contribution in [0.2, 0.25) is 0 Å². The molecule has 1 atom stereocenters. The lowest BCUT2D eigenvalue weighted by Crippen LogP contribution is -2.24. The zero-order valence-electron chi connectivity index (χ0n) is 24.3. The second-order valence-electron chi connectivity index (χ2n) is 11.1. The van der Waals surface area contributed by atoms with Crippen LogP contribution in [-0.4, -0.2) is 27.7 Å². The van der Waals surface area contributed by atoms with E-state index in [0.717, 1.165) is 51.9 Å². The van der Waals surface area contributed by atoms with E-state index in [2.05, 4.69) is 112 Å². The summed E-state index contributed by atoms with van der Waals surface area (Å²) >= 11 is 0. The van der Waals surface area contributed by atoms with E-state index in [4.69, 9.17) is 4.98 Å². The molecule has 2 aromatic heterocycles. The summed E-state index contributed by atoms with van der Waals surface area (Å²) in [6.07, 6.45) is 7.16. The number of nitrogens with zero attached hydrogens (tertiary/aromatic N) is 3. The van der Waals surface area contributed by atoms with Gasteiger partial charge in [-0.25, -0.2) is 9.50 Å². The molecule has 0 aliphatic carbocycles. The standard InChI is InChI=1S/C26H21N3.C9H21N/c1-17(2)21-12-13-24(23-7-5-4-6-22(21)23)25-15-28-29-16-20(14-27-26(25)29)19-10-8-18(3)9-11-19;1-5-9(4)7-10-6-8(2)3/h4-16H,1H2,2-3H3;8-10H,5-7H2,1-4H3. The number of nitrogens with one attached hydrogen (secondary N) is 1. The van der Waals surface area contributed by atoms with Crippen molar-refractivity contribution in [2.24, 2.45) is 11.8 Å². The predicted octanol–water partition coefficient (Wildman–Crippen LogP) is 8.84. The highest BCUT2D eigenvalue weighted by Gasteiger charge is 2.14. The van der Waals surface area contributed by atoms with Crippen LogP contribution in [0.25, 0.3) is 44.2 Å². The molecule has 0 aliphatic rings. The van der Waals surface area contributed by atoms with Gasteiger partial charge in [-0.1, -0.05) is 112 Å². The minimum absolute atomic E-state index is 0.782. The van der Waals surface area contributed by atoms with Crippen LogP contribution >= 0.6 is 0 Å². The molecule has 0 radical (unpaired) electrons. The third-order valence-electron chi connectivity index (χ3n) is 7.16. The number of rotatable bonds is 8. The topological polar surface area (TPSA) is 42.2 Å². The Kier molecular flexibility index (Phi) is 9.32. The first-order valence-corrected chi connectivity index (χ1v) is 14.1. The molecule has 0 saturated carbocycles. The Labute approximate surface area is 233 Å². The lowest BCUT2D eigenvalue weighted by Gasteiger charge is -2.11. The molecule has 0 amide bonds. The van der Waals surface area contributed by atoms with Crippen LogP contribution in [0.5, 0.6) is 0 Å². The zero-order valence-corrected chi connectivity index (χ0v) is 24.3. The third-order valence-corrected chi connectivity index (χ3v) is 7.16. The lowest BCUT2D eigenvalue weighted by molar-refractivity contribution is 0.466. The van der Waals surface area contributed by atoms with Crippen LogP contribution < -0.4 is 5.32 Å². The van der Waals surface area contributed by atoms with E-state index in [1.165, 1.54) is 34.9 Å². The molecule has 4 nitrogen and oxygen atoms in total. The zero-order chi connectivity index (χ0) is 27.9. The lowest BCUT2D eigenvalue weighted by atomic mass is 9.94. The van der Waals surface area contributed by atoms with Gasteiger partial charge in [0.15, 0.2) is 5.65 Å². The molecule has 5 rings (SSSR count). The highest BCUT2D eigenvalue weighted by molar-refractivity contribution is 6.04. The van der Waals surface area contributed by atoms with Gasteiger partial charge in [-0.2, -0.15) is 5.10 Å². The Morgan fingerprint density at radius 2 is 1.59 bits per heavy atom. The second-order valence-corrected chi connectivity index (χ2v) is 11.1. The number of aryl methyl sites for hydroxylation is 1. The number of allylic oxidation sites excluding steroid dienone is 1. The van der Waals surface area contributed by atoms with Gasteiger partial charge in [0.05, 0.1) is 6.20 Å². The smallest absolute Gasteiger partial charge is 0.162 e. The number of hydrogen-bond donors (Lipinski definition) is 1. The van der Waals surface area contributed by atoms with Crippen molar-refractivity contribution in [2.75, 3.05) is 13.1 Å². The maximum absolute atomic E-state index is 4.76. The van der Waals surface area contributed by atoms with E-state index >= 15 is 0 Å². The van der Waals surface area contributed by atoms with Gasteiger partial charge in [0, 0.05) is 23.5 Å². The summed E-state index contributed by atoms with van der Waals surface area (Å²) in [7, 11) is 0. The molecule has 39 heavy (non-hydrogen) atoms. The van der Waals surface area contributed by atoms with Crippen LogP contribution in [0.3, 0.4) is 0 Å². The largest absolute Gasteiger partial charge is 0.316 e. The average molecular weight is 519 g/mol. The van der Waals surface area contributed by atoms with E-state index in [0.29, 0.717) is 0 Å². The van der Waals surface area contributed by atoms with Gasteiger partial charge in [0.2, 0.25) is 0 Å². The van der Waals surface area contributed by atoms with E-state index in [9.17, 15) is 0 Å². The molecule has 0 spiro atoms. The molecule has 2 heterocycles. The molecule has 5 aromatic rings. The molecule has 1 unspecified atom stereocenters. The van der Waals surface area contributed by atoms with Gasteiger partial charge >= 0.3 is 0 Å². The van der Waals surface area contributed by atoms with E-state index < -0.39 is 0 Å².